The summed E-state index contributed by atoms with van der Waals surface area (Å²) in [6, 6.07) is 4.37. The molecule has 1 aromatic carbocycles. The molecule has 4 nitrogen and oxygen atoms in total. The van der Waals surface area contributed by atoms with Gasteiger partial charge >= 0.3 is 5.97 Å². The molecule has 20 heavy (non-hydrogen) atoms. The Morgan fingerprint density at radius 1 is 1.40 bits per heavy atom. The van der Waals surface area contributed by atoms with E-state index in [2.05, 4.69) is 0 Å². The number of benzene rings is 1. The second-order valence-corrected chi connectivity index (χ2v) is 7.67. The van der Waals surface area contributed by atoms with Crippen LogP contribution in [0.4, 0.5) is 0 Å². The fraction of sp³-hybridized carbons (Fsp3) is 0.500. The highest BCUT2D eigenvalue weighted by Gasteiger charge is 2.19. The second kappa shape index (κ2) is 6.14. The summed E-state index contributed by atoms with van der Waals surface area (Å²) >= 11 is 0. The van der Waals surface area contributed by atoms with Gasteiger partial charge in [0.05, 0.1) is 17.1 Å². The van der Waals surface area contributed by atoms with Crippen molar-refractivity contribution in [2.75, 3.05) is 6.61 Å². The third-order valence-corrected chi connectivity index (χ3v) is 5.13. The van der Waals surface area contributed by atoms with Crippen LogP contribution in [0.2, 0.25) is 0 Å². The molecule has 110 valence electrons. The first kappa shape index (κ1) is 15.3. The summed E-state index contributed by atoms with van der Waals surface area (Å²) in [6.07, 6.45) is 4.54. The van der Waals surface area contributed by atoms with E-state index in [0.29, 0.717) is 18.1 Å². The largest absolute Gasteiger partial charge is 0.462 e. The van der Waals surface area contributed by atoms with E-state index >= 15 is 0 Å². The summed E-state index contributed by atoms with van der Waals surface area (Å²) in [5, 5.41) is 0. The molecule has 2 rings (SSSR count). The Kier molecular flexibility index (Phi) is 4.70. The van der Waals surface area contributed by atoms with E-state index in [1.807, 2.05) is 0 Å². The highest BCUT2D eigenvalue weighted by atomic mass is 35.7. The zero-order chi connectivity index (χ0) is 14.8. The van der Waals surface area contributed by atoms with Crippen molar-refractivity contribution in [3.8, 4) is 0 Å². The van der Waals surface area contributed by atoms with Gasteiger partial charge in [0.2, 0.25) is 0 Å². The molecule has 1 aliphatic carbocycles. The van der Waals surface area contributed by atoms with Crippen LogP contribution in [0.25, 0.3) is 0 Å². The van der Waals surface area contributed by atoms with Gasteiger partial charge < -0.3 is 4.74 Å². The SMILES string of the molecule is Cc1ccc(C(=O)OCCC2CCC2)cc1S(=O)(=O)Cl. The fourth-order valence-electron chi connectivity index (χ4n) is 2.17. The molecule has 0 unspecified atom stereocenters. The van der Waals surface area contributed by atoms with Gasteiger partial charge in [0.1, 0.15) is 0 Å². The van der Waals surface area contributed by atoms with Crippen LogP contribution in [0, 0.1) is 12.8 Å². The van der Waals surface area contributed by atoms with Gasteiger partial charge in [-0.25, -0.2) is 13.2 Å². The predicted molar refractivity (Wildman–Crippen MR) is 76.5 cm³/mol. The zero-order valence-corrected chi connectivity index (χ0v) is 12.8. The van der Waals surface area contributed by atoms with Crippen LogP contribution in [-0.2, 0) is 13.8 Å². The Labute approximate surface area is 123 Å². The van der Waals surface area contributed by atoms with Gasteiger partial charge in [-0.2, -0.15) is 0 Å². The molecule has 1 aromatic rings. The lowest BCUT2D eigenvalue weighted by Crippen LogP contribution is -2.15. The minimum Gasteiger partial charge on any atom is -0.462 e. The second-order valence-electron chi connectivity index (χ2n) is 5.14. The lowest BCUT2D eigenvalue weighted by atomic mass is 9.83. The lowest BCUT2D eigenvalue weighted by molar-refractivity contribution is 0.0464. The van der Waals surface area contributed by atoms with E-state index < -0.39 is 15.0 Å². The molecule has 0 radical (unpaired) electrons. The van der Waals surface area contributed by atoms with Gasteiger partial charge in [0, 0.05) is 10.7 Å². The first-order valence-electron chi connectivity index (χ1n) is 6.60. The van der Waals surface area contributed by atoms with Crippen LogP contribution < -0.4 is 0 Å². The topological polar surface area (TPSA) is 60.4 Å². The Morgan fingerprint density at radius 2 is 2.10 bits per heavy atom. The normalized spacial score (nSPS) is 15.7. The fourth-order valence-corrected chi connectivity index (χ4v) is 3.39. The van der Waals surface area contributed by atoms with E-state index in [-0.39, 0.29) is 10.5 Å². The third kappa shape index (κ3) is 3.73. The molecular formula is C14H17ClO4S. The number of halogens is 1. The van der Waals surface area contributed by atoms with Crippen molar-refractivity contribution in [3.63, 3.8) is 0 Å². The number of aryl methyl sites for hydroxylation is 1. The Hall–Kier alpha value is -1.07. The molecule has 0 aliphatic heterocycles. The number of carbonyl (C=O) groups excluding carboxylic acids is 1. The minimum absolute atomic E-state index is 0.0485. The number of carbonyl (C=O) groups is 1. The molecule has 0 saturated heterocycles. The average molecular weight is 317 g/mol. The highest BCUT2D eigenvalue weighted by molar-refractivity contribution is 8.13. The maximum absolute atomic E-state index is 11.9. The lowest BCUT2D eigenvalue weighted by Gasteiger charge is -2.24. The maximum atomic E-state index is 11.9. The molecule has 0 amide bonds. The van der Waals surface area contributed by atoms with E-state index in [9.17, 15) is 13.2 Å². The Bertz CT molecular complexity index is 606. The standard InChI is InChI=1S/C14H17ClO4S/c1-10-5-6-12(9-13(10)20(15,17)18)14(16)19-8-7-11-3-2-4-11/h5-6,9,11H,2-4,7-8H2,1H3. The first-order valence-corrected chi connectivity index (χ1v) is 8.91. The molecule has 0 heterocycles. The van der Waals surface area contributed by atoms with E-state index in [1.165, 1.54) is 25.3 Å². The summed E-state index contributed by atoms with van der Waals surface area (Å²) in [5.74, 6) is 0.158. The van der Waals surface area contributed by atoms with E-state index in [1.54, 1.807) is 19.1 Å². The summed E-state index contributed by atoms with van der Waals surface area (Å²) in [6.45, 7) is 2.00. The van der Waals surface area contributed by atoms with Crippen LogP contribution in [0.1, 0.15) is 41.6 Å². The van der Waals surface area contributed by atoms with Crippen LogP contribution in [0.3, 0.4) is 0 Å². The number of rotatable bonds is 5. The van der Waals surface area contributed by atoms with Gasteiger partial charge in [0.15, 0.2) is 0 Å². The first-order chi connectivity index (χ1) is 9.38. The van der Waals surface area contributed by atoms with Crippen molar-refractivity contribution in [3.05, 3.63) is 29.3 Å². The molecule has 1 saturated carbocycles. The van der Waals surface area contributed by atoms with Crippen LogP contribution in [0.5, 0.6) is 0 Å². The minimum atomic E-state index is -3.85. The van der Waals surface area contributed by atoms with Gasteiger partial charge in [-0.1, -0.05) is 25.3 Å². The quantitative estimate of drug-likeness (QED) is 0.618. The molecule has 1 aliphatic rings. The van der Waals surface area contributed by atoms with Gasteiger partial charge in [-0.3, -0.25) is 0 Å². The van der Waals surface area contributed by atoms with Gasteiger partial charge in [-0.05, 0) is 37.0 Å². The molecular weight excluding hydrogens is 300 g/mol. The molecule has 0 bridgehead atoms. The van der Waals surface area contributed by atoms with Gasteiger partial charge in [0.25, 0.3) is 9.05 Å². The van der Waals surface area contributed by atoms with Gasteiger partial charge in [-0.15, -0.1) is 0 Å². The Balaban J connectivity index is 2.02. The predicted octanol–water partition coefficient (Wildman–Crippen LogP) is 3.27. The smallest absolute Gasteiger partial charge is 0.338 e. The summed E-state index contributed by atoms with van der Waals surface area (Å²) < 4.78 is 27.9. The van der Waals surface area contributed by atoms with Crippen LogP contribution in [-0.4, -0.2) is 21.0 Å². The number of ether oxygens (including phenoxy) is 1. The maximum Gasteiger partial charge on any atom is 0.338 e. The van der Waals surface area contributed by atoms with E-state index in [0.717, 1.165) is 6.42 Å². The Morgan fingerprint density at radius 3 is 2.65 bits per heavy atom. The zero-order valence-electron chi connectivity index (χ0n) is 11.3. The van der Waals surface area contributed by atoms with Crippen LogP contribution in [0.15, 0.2) is 23.1 Å². The average Bonchev–Trinajstić information content (AvgIpc) is 2.31. The number of hydrogen-bond acceptors (Lipinski definition) is 4. The molecule has 0 N–H and O–H groups in total. The van der Waals surface area contributed by atoms with Crippen molar-refractivity contribution >= 4 is 25.7 Å². The molecule has 0 atom stereocenters. The van der Waals surface area contributed by atoms with E-state index in [4.69, 9.17) is 15.4 Å². The molecule has 1 fully saturated rings. The summed E-state index contributed by atoms with van der Waals surface area (Å²) in [5.41, 5.74) is 0.717. The van der Waals surface area contributed by atoms with Crippen molar-refractivity contribution in [2.24, 2.45) is 5.92 Å². The highest BCUT2D eigenvalue weighted by Crippen LogP contribution is 2.29. The number of hydrogen-bond donors (Lipinski definition) is 0. The summed E-state index contributed by atoms with van der Waals surface area (Å²) in [7, 11) is 1.48. The number of esters is 1. The third-order valence-electron chi connectivity index (χ3n) is 3.67. The van der Waals surface area contributed by atoms with Crippen molar-refractivity contribution in [1.29, 1.82) is 0 Å². The molecule has 6 heteroatoms. The van der Waals surface area contributed by atoms with Crippen LogP contribution >= 0.6 is 10.7 Å². The monoisotopic (exact) mass is 316 g/mol. The van der Waals surface area contributed by atoms with Crippen molar-refractivity contribution in [1.82, 2.24) is 0 Å². The molecule has 0 aromatic heterocycles. The van der Waals surface area contributed by atoms with Crippen molar-refractivity contribution < 1.29 is 17.9 Å². The summed E-state index contributed by atoms with van der Waals surface area (Å²) in [4.78, 5) is 11.8. The van der Waals surface area contributed by atoms with Crippen molar-refractivity contribution in [2.45, 2.75) is 37.5 Å². The molecule has 0 spiro atoms.